The Kier molecular flexibility index (Phi) is 5.79. The number of nitrogens with one attached hydrogen (secondary N) is 4. The summed E-state index contributed by atoms with van der Waals surface area (Å²) in [5.74, 6) is -1.12. The van der Waals surface area contributed by atoms with Gasteiger partial charge in [0.25, 0.3) is 10.0 Å². The molecule has 1 saturated heterocycles. The number of sulfonamides is 1. The van der Waals surface area contributed by atoms with Gasteiger partial charge in [-0.25, -0.2) is 13.8 Å². The van der Waals surface area contributed by atoms with Crippen LogP contribution in [0.4, 0.5) is 11.4 Å². The van der Waals surface area contributed by atoms with Gasteiger partial charge in [0.1, 0.15) is 0 Å². The van der Waals surface area contributed by atoms with Crippen LogP contribution in [0, 0.1) is 12.8 Å². The molecule has 4 N–H and O–H groups in total. The summed E-state index contributed by atoms with van der Waals surface area (Å²) in [6, 6.07) is 14.5. The van der Waals surface area contributed by atoms with Gasteiger partial charge in [0.15, 0.2) is 5.37 Å². The SMILES string of the molecule is CCc1ccc(NC(=O)C2CNNC2S(=O)(=O)Nc2ccc(C)cc2)cc1. The standard InChI is InChI=1S/C19H24N4O3S/c1-3-14-6-10-15(11-7-14)21-18(24)17-12-20-22-19(17)27(25,26)23-16-8-4-13(2)5-9-16/h4-11,17,19-20,22-23H,3,12H2,1-2H3,(H,21,24). The average Bonchev–Trinajstić information content (AvgIpc) is 3.15. The highest BCUT2D eigenvalue weighted by atomic mass is 32.2. The third-order valence-corrected chi connectivity index (χ3v) is 6.18. The smallest absolute Gasteiger partial charge is 0.250 e. The fourth-order valence-electron chi connectivity index (χ4n) is 2.91. The van der Waals surface area contributed by atoms with Gasteiger partial charge in [0.2, 0.25) is 5.91 Å². The van der Waals surface area contributed by atoms with Crippen LogP contribution in [0.1, 0.15) is 18.1 Å². The van der Waals surface area contributed by atoms with E-state index in [9.17, 15) is 13.2 Å². The average molecular weight is 388 g/mol. The van der Waals surface area contributed by atoms with Crippen LogP contribution in [0.3, 0.4) is 0 Å². The van der Waals surface area contributed by atoms with Gasteiger partial charge >= 0.3 is 0 Å². The molecule has 1 fully saturated rings. The van der Waals surface area contributed by atoms with E-state index in [1.807, 2.05) is 43.3 Å². The first-order valence-electron chi connectivity index (χ1n) is 8.85. The van der Waals surface area contributed by atoms with E-state index in [0.717, 1.165) is 12.0 Å². The lowest BCUT2D eigenvalue weighted by Crippen LogP contribution is -2.45. The first kappa shape index (κ1) is 19.3. The van der Waals surface area contributed by atoms with Crippen molar-refractivity contribution in [1.29, 1.82) is 0 Å². The number of amides is 1. The van der Waals surface area contributed by atoms with E-state index < -0.39 is 21.3 Å². The van der Waals surface area contributed by atoms with E-state index >= 15 is 0 Å². The van der Waals surface area contributed by atoms with Crippen LogP contribution in [0.5, 0.6) is 0 Å². The number of anilines is 2. The summed E-state index contributed by atoms with van der Waals surface area (Å²) < 4.78 is 28.0. The number of rotatable bonds is 6. The lowest BCUT2D eigenvalue weighted by atomic mass is 10.1. The molecule has 7 nitrogen and oxygen atoms in total. The van der Waals surface area contributed by atoms with Crippen LogP contribution in [-0.4, -0.2) is 26.2 Å². The largest absolute Gasteiger partial charge is 0.326 e. The summed E-state index contributed by atoms with van der Waals surface area (Å²) in [6.45, 7) is 4.20. The molecule has 8 heteroatoms. The van der Waals surface area contributed by atoms with Gasteiger partial charge in [0, 0.05) is 17.9 Å². The Morgan fingerprint density at radius 1 is 1.07 bits per heavy atom. The maximum atomic E-state index is 12.7. The lowest BCUT2D eigenvalue weighted by molar-refractivity contribution is -0.119. The third kappa shape index (κ3) is 4.65. The van der Waals surface area contributed by atoms with Gasteiger partial charge in [0.05, 0.1) is 5.92 Å². The van der Waals surface area contributed by atoms with Gasteiger partial charge < -0.3 is 5.32 Å². The number of hydrogen-bond donors (Lipinski definition) is 4. The van der Waals surface area contributed by atoms with E-state index in [1.165, 1.54) is 5.56 Å². The zero-order valence-corrected chi connectivity index (χ0v) is 16.1. The molecule has 2 aromatic rings. The molecule has 1 aliphatic rings. The first-order valence-corrected chi connectivity index (χ1v) is 10.4. The van der Waals surface area contributed by atoms with Gasteiger partial charge in [-0.2, -0.15) is 0 Å². The second kappa shape index (κ2) is 8.08. The van der Waals surface area contributed by atoms with Crippen molar-refractivity contribution in [3.8, 4) is 0 Å². The van der Waals surface area contributed by atoms with Crippen molar-refractivity contribution < 1.29 is 13.2 Å². The minimum Gasteiger partial charge on any atom is -0.326 e. The summed E-state index contributed by atoms with van der Waals surface area (Å²) >= 11 is 0. The van der Waals surface area contributed by atoms with E-state index in [2.05, 4.69) is 27.8 Å². The molecule has 0 bridgehead atoms. The molecule has 2 atom stereocenters. The number of carbonyl (C=O) groups is 1. The van der Waals surface area contributed by atoms with Crippen molar-refractivity contribution in [2.24, 2.45) is 5.92 Å². The molecule has 1 heterocycles. The molecule has 2 aromatic carbocycles. The van der Waals surface area contributed by atoms with Gasteiger partial charge in [-0.15, -0.1) is 0 Å². The van der Waals surface area contributed by atoms with Crippen molar-refractivity contribution in [3.05, 3.63) is 59.7 Å². The van der Waals surface area contributed by atoms with Crippen molar-refractivity contribution in [2.75, 3.05) is 16.6 Å². The number of hydrazine groups is 1. The van der Waals surface area contributed by atoms with Gasteiger partial charge in [-0.1, -0.05) is 36.8 Å². The second-order valence-corrected chi connectivity index (χ2v) is 8.41. The van der Waals surface area contributed by atoms with Crippen molar-refractivity contribution in [1.82, 2.24) is 10.9 Å². The summed E-state index contributed by atoms with van der Waals surface area (Å²) in [7, 11) is -3.81. The molecule has 0 saturated carbocycles. The van der Waals surface area contributed by atoms with Crippen LogP contribution in [0.2, 0.25) is 0 Å². The molecule has 0 radical (unpaired) electrons. The highest BCUT2D eigenvalue weighted by molar-refractivity contribution is 7.93. The van der Waals surface area contributed by atoms with Crippen molar-refractivity contribution in [3.63, 3.8) is 0 Å². The normalized spacial score (nSPS) is 19.6. The number of carbonyl (C=O) groups excluding carboxylic acids is 1. The number of benzene rings is 2. The minimum atomic E-state index is -3.81. The summed E-state index contributed by atoms with van der Waals surface area (Å²) in [4.78, 5) is 12.6. The highest BCUT2D eigenvalue weighted by Gasteiger charge is 2.41. The quantitative estimate of drug-likeness (QED) is 0.607. The van der Waals surface area contributed by atoms with E-state index in [0.29, 0.717) is 11.4 Å². The number of aryl methyl sites for hydroxylation is 2. The summed E-state index contributed by atoms with van der Waals surface area (Å²) in [5.41, 5.74) is 8.79. The topological polar surface area (TPSA) is 99.3 Å². The molecule has 0 aromatic heterocycles. The van der Waals surface area contributed by atoms with Crippen LogP contribution < -0.4 is 20.9 Å². The van der Waals surface area contributed by atoms with E-state index in [1.54, 1.807) is 12.1 Å². The Bertz CT molecular complexity index is 896. The number of hydrogen-bond acceptors (Lipinski definition) is 5. The monoisotopic (exact) mass is 388 g/mol. The Morgan fingerprint density at radius 3 is 2.33 bits per heavy atom. The molecule has 1 aliphatic heterocycles. The summed E-state index contributed by atoms with van der Waals surface area (Å²) in [6.07, 6.45) is 0.912. The Morgan fingerprint density at radius 2 is 1.70 bits per heavy atom. The van der Waals surface area contributed by atoms with Crippen LogP contribution >= 0.6 is 0 Å². The lowest BCUT2D eigenvalue weighted by Gasteiger charge is -2.19. The van der Waals surface area contributed by atoms with Crippen LogP contribution in [0.15, 0.2) is 48.5 Å². The Balaban J connectivity index is 1.71. The molecular formula is C19H24N4O3S. The molecule has 0 aliphatic carbocycles. The van der Waals surface area contributed by atoms with Crippen LogP contribution in [0.25, 0.3) is 0 Å². The van der Waals surface area contributed by atoms with E-state index in [4.69, 9.17) is 0 Å². The van der Waals surface area contributed by atoms with E-state index in [-0.39, 0.29) is 12.5 Å². The molecule has 144 valence electrons. The fraction of sp³-hybridized carbons (Fsp3) is 0.316. The Hall–Kier alpha value is -2.42. The highest BCUT2D eigenvalue weighted by Crippen LogP contribution is 2.20. The zero-order chi connectivity index (χ0) is 19.4. The predicted molar refractivity (Wildman–Crippen MR) is 107 cm³/mol. The maximum absolute atomic E-state index is 12.7. The molecule has 3 rings (SSSR count). The zero-order valence-electron chi connectivity index (χ0n) is 15.3. The fourth-order valence-corrected chi connectivity index (χ4v) is 4.39. The molecule has 0 spiro atoms. The molecule has 1 amide bonds. The second-order valence-electron chi connectivity index (χ2n) is 6.61. The van der Waals surface area contributed by atoms with Crippen molar-refractivity contribution in [2.45, 2.75) is 25.6 Å². The maximum Gasteiger partial charge on any atom is 0.250 e. The minimum absolute atomic E-state index is 0.221. The van der Waals surface area contributed by atoms with Gasteiger partial charge in [-0.05, 0) is 43.2 Å². The molecular weight excluding hydrogens is 364 g/mol. The summed E-state index contributed by atoms with van der Waals surface area (Å²) in [5, 5.41) is 1.72. The van der Waals surface area contributed by atoms with Crippen LogP contribution in [-0.2, 0) is 21.2 Å². The predicted octanol–water partition coefficient (Wildman–Crippen LogP) is 1.99. The molecule has 27 heavy (non-hydrogen) atoms. The molecule has 2 unspecified atom stereocenters. The first-order chi connectivity index (χ1) is 12.9. The van der Waals surface area contributed by atoms with Crippen molar-refractivity contribution >= 4 is 27.3 Å². The third-order valence-electron chi connectivity index (χ3n) is 4.54. The Labute approximate surface area is 159 Å². The van der Waals surface area contributed by atoms with Gasteiger partial charge in [-0.3, -0.25) is 14.9 Å².